The molecule has 0 aliphatic heterocycles. The lowest BCUT2D eigenvalue weighted by atomic mass is 10.1. The van der Waals surface area contributed by atoms with E-state index in [0.29, 0.717) is 5.69 Å². The molecule has 0 saturated carbocycles. The van der Waals surface area contributed by atoms with Gasteiger partial charge in [0.05, 0.1) is 17.1 Å². The molecule has 16 heavy (non-hydrogen) atoms. The van der Waals surface area contributed by atoms with Gasteiger partial charge >= 0.3 is 0 Å². The number of aromatic nitrogens is 2. The third-order valence-electron chi connectivity index (χ3n) is 2.45. The van der Waals surface area contributed by atoms with Crippen molar-refractivity contribution < 1.29 is 9.95 Å². The topological polar surface area (TPSA) is 49.0 Å². The lowest BCUT2D eigenvalue weighted by Gasteiger charge is -2.10. The minimum Gasteiger partial charge on any atom is -0.290 e. The lowest BCUT2D eigenvalue weighted by molar-refractivity contribution is -0.816. The standard InChI is InChI=1S/C12H20N3O/c1-8-9(2)14-11(10(3)13-8)7-15(16)12(4,5)6/h7,16H,1-6H3/q+1. The Balaban J connectivity index is 3.21. The first kappa shape index (κ1) is 12.6. The Labute approximate surface area is 96.6 Å². The van der Waals surface area contributed by atoms with E-state index in [0.717, 1.165) is 17.1 Å². The van der Waals surface area contributed by atoms with Crippen molar-refractivity contribution in [3.05, 3.63) is 22.8 Å². The average molecular weight is 222 g/mol. The Morgan fingerprint density at radius 1 is 1.00 bits per heavy atom. The molecule has 0 aliphatic rings. The van der Waals surface area contributed by atoms with Crippen molar-refractivity contribution in [1.82, 2.24) is 9.97 Å². The minimum absolute atomic E-state index is 0.340. The Morgan fingerprint density at radius 2 is 1.50 bits per heavy atom. The summed E-state index contributed by atoms with van der Waals surface area (Å²) < 4.78 is 1.17. The summed E-state index contributed by atoms with van der Waals surface area (Å²) in [4.78, 5) is 8.78. The molecule has 0 spiro atoms. The van der Waals surface area contributed by atoms with E-state index >= 15 is 0 Å². The van der Waals surface area contributed by atoms with Crippen molar-refractivity contribution in [2.24, 2.45) is 0 Å². The van der Waals surface area contributed by atoms with E-state index in [9.17, 15) is 5.21 Å². The van der Waals surface area contributed by atoms with Crippen LogP contribution in [0.15, 0.2) is 0 Å². The predicted molar refractivity (Wildman–Crippen MR) is 63.2 cm³/mol. The Bertz CT molecular complexity index is 431. The SMILES string of the molecule is Cc1nc(C)c(C=[N+](O)C(C)(C)C)nc1C. The largest absolute Gasteiger partial charge is 0.290 e. The minimum atomic E-state index is -0.340. The molecular formula is C12H20N3O+. The first-order valence-electron chi connectivity index (χ1n) is 5.36. The van der Waals surface area contributed by atoms with Crippen molar-refractivity contribution in [3.8, 4) is 0 Å². The summed E-state index contributed by atoms with van der Waals surface area (Å²) in [7, 11) is 0. The highest BCUT2D eigenvalue weighted by Gasteiger charge is 2.25. The molecule has 1 aromatic heterocycles. The Morgan fingerprint density at radius 3 is 2.00 bits per heavy atom. The van der Waals surface area contributed by atoms with Crippen LogP contribution < -0.4 is 0 Å². The second kappa shape index (κ2) is 4.20. The molecule has 88 valence electrons. The zero-order valence-corrected chi connectivity index (χ0v) is 10.9. The number of nitrogens with zero attached hydrogens (tertiary/aromatic N) is 3. The van der Waals surface area contributed by atoms with E-state index in [4.69, 9.17) is 0 Å². The first-order valence-corrected chi connectivity index (χ1v) is 5.36. The fourth-order valence-electron chi connectivity index (χ4n) is 1.16. The molecule has 0 radical (unpaired) electrons. The predicted octanol–water partition coefficient (Wildman–Crippen LogP) is 2.02. The summed E-state index contributed by atoms with van der Waals surface area (Å²) in [6, 6.07) is 0. The van der Waals surface area contributed by atoms with Gasteiger partial charge in [-0.2, -0.15) is 0 Å². The van der Waals surface area contributed by atoms with Crippen molar-refractivity contribution in [3.63, 3.8) is 0 Å². The van der Waals surface area contributed by atoms with Gasteiger partial charge in [0.1, 0.15) is 0 Å². The summed E-state index contributed by atoms with van der Waals surface area (Å²) in [5.74, 6) is 0. The van der Waals surface area contributed by atoms with Crippen LogP contribution in [0.2, 0.25) is 0 Å². The van der Waals surface area contributed by atoms with E-state index < -0.39 is 0 Å². The number of rotatable bonds is 1. The molecule has 0 saturated heterocycles. The number of hydrogen-bond acceptors (Lipinski definition) is 3. The normalized spacial score (nSPS) is 13.0. The molecule has 0 bridgehead atoms. The molecule has 0 atom stereocenters. The molecule has 0 unspecified atom stereocenters. The van der Waals surface area contributed by atoms with Gasteiger partial charge in [0, 0.05) is 20.8 Å². The van der Waals surface area contributed by atoms with Crippen molar-refractivity contribution in [1.29, 1.82) is 0 Å². The van der Waals surface area contributed by atoms with Gasteiger partial charge in [-0.05, 0) is 25.5 Å². The maximum Gasteiger partial charge on any atom is 0.243 e. The van der Waals surface area contributed by atoms with Gasteiger partial charge in [0.2, 0.25) is 11.8 Å². The highest BCUT2D eigenvalue weighted by atomic mass is 16.5. The second-order valence-corrected chi connectivity index (χ2v) is 5.01. The van der Waals surface area contributed by atoms with Crippen molar-refractivity contribution in [2.45, 2.75) is 47.1 Å². The molecular weight excluding hydrogens is 202 g/mol. The molecule has 1 rings (SSSR count). The van der Waals surface area contributed by atoms with Gasteiger partial charge in [-0.25, -0.2) is 4.98 Å². The van der Waals surface area contributed by atoms with Crippen LogP contribution in [0.5, 0.6) is 0 Å². The smallest absolute Gasteiger partial charge is 0.243 e. The molecule has 4 heteroatoms. The monoisotopic (exact) mass is 222 g/mol. The Hall–Kier alpha value is -1.45. The van der Waals surface area contributed by atoms with Crippen LogP contribution in [0.1, 0.15) is 43.5 Å². The van der Waals surface area contributed by atoms with Crippen LogP contribution in [0.3, 0.4) is 0 Å². The third-order valence-corrected chi connectivity index (χ3v) is 2.45. The van der Waals surface area contributed by atoms with E-state index in [1.165, 1.54) is 4.74 Å². The van der Waals surface area contributed by atoms with Crippen molar-refractivity contribution >= 4 is 6.21 Å². The summed E-state index contributed by atoms with van der Waals surface area (Å²) in [6.45, 7) is 11.5. The zero-order chi connectivity index (χ0) is 12.5. The third kappa shape index (κ3) is 2.78. The summed E-state index contributed by atoms with van der Waals surface area (Å²) in [6.07, 6.45) is 1.62. The van der Waals surface area contributed by atoms with Crippen LogP contribution >= 0.6 is 0 Å². The van der Waals surface area contributed by atoms with E-state index in [1.54, 1.807) is 6.21 Å². The molecule has 0 aromatic carbocycles. The molecule has 1 heterocycles. The fraction of sp³-hybridized carbons (Fsp3) is 0.583. The number of hydroxylamine groups is 1. The van der Waals surface area contributed by atoms with E-state index in [-0.39, 0.29) is 5.54 Å². The van der Waals surface area contributed by atoms with Gasteiger partial charge in [0.15, 0.2) is 5.69 Å². The van der Waals surface area contributed by atoms with Crippen LogP contribution in [-0.4, -0.2) is 31.7 Å². The fourth-order valence-corrected chi connectivity index (χ4v) is 1.16. The van der Waals surface area contributed by atoms with Crippen LogP contribution in [0, 0.1) is 20.8 Å². The number of hydrogen-bond donors (Lipinski definition) is 1. The van der Waals surface area contributed by atoms with Crippen LogP contribution in [0.4, 0.5) is 0 Å². The highest BCUT2D eigenvalue weighted by Crippen LogP contribution is 2.08. The molecule has 0 aliphatic carbocycles. The van der Waals surface area contributed by atoms with Gasteiger partial charge in [0.25, 0.3) is 0 Å². The van der Waals surface area contributed by atoms with Crippen LogP contribution in [0.25, 0.3) is 0 Å². The highest BCUT2D eigenvalue weighted by molar-refractivity contribution is 5.74. The van der Waals surface area contributed by atoms with E-state index in [1.807, 2.05) is 41.5 Å². The van der Waals surface area contributed by atoms with E-state index in [2.05, 4.69) is 9.97 Å². The maximum absolute atomic E-state index is 9.83. The van der Waals surface area contributed by atoms with Crippen LogP contribution in [-0.2, 0) is 0 Å². The molecule has 4 nitrogen and oxygen atoms in total. The lowest BCUT2D eigenvalue weighted by Crippen LogP contribution is -2.31. The van der Waals surface area contributed by atoms with Gasteiger partial charge < -0.3 is 0 Å². The maximum atomic E-state index is 9.83. The average Bonchev–Trinajstić information content (AvgIpc) is 2.12. The van der Waals surface area contributed by atoms with Gasteiger partial charge in [-0.1, -0.05) is 0 Å². The molecule has 1 N–H and O–H groups in total. The molecule has 0 amide bonds. The summed E-state index contributed by atoms with van der Waals surface area (Å²) in [5.41, 5.74) is 3.01. The van der Waals surface area contributed by atoms with Gasteiger partial charge in [-0.15, -0.1) is 0 Å². The Kier molecular flexibility index (Phi) is 3.31. The number of aryl methyl sites for hydroxylation is 3. The second-order valence-electron chi connectivity index (χ2n) is 5.01. The quantitative estimate of drug-likeness (QED) is 0.342. The molecule has 0 fully saturated rings. The summed E-state index contributed by atoms with van der Waals surface area (Å²) >= 11 is 0. The summed E-state index contributed by atoms with van der Waals surface area (Å²) in [5, 5.41) is 9.83. The first-order chi connectivity index (χ1) is 7.21. The zero-order valence-electron chi connectivity index (χ0n) is 10.9. The van der Waals surface area contributed by atoms with Crippen molar-refractivity contribution in [2.75, 3.05) is 0 Å². The molecule has 1 aromatic rings. The van der Waals surface area contributed by atoms with Gasteiger partial charge in [-0.3, -0.25) is 10.2 Å².